The van der Waals surface area contributed by atoms with E-state index in [1.54, 1.807) is 12.1 Å². The first-order valence-corrected chi connectivity index (χ1v) is 6.58. The topological polar surface area (TPSA) is 81.4 Å². The Labute approximate surface area is 126 Å². The van der Waals surface area contributed by atoms with Crippen LogP contribution in [0.4, 0.5) is 15.8 Å². The number of nitrogens with one attached hydrogen (secondary N) is 1. The molecule has 3 N–H and O–H groups in total. The van der Waals surface area contributed by atoms with Crippen molar-refractivity contribution in [1.29, 1.82) is 0 Å². The second-order valence-corrected chi connectivity index (χ2v) is 4.67. The summed E-state index contributed by atoms with van der Waals surface area (Å²) >= 11 is 0. The molecule has 6 heteroatoms. The fourth-order valence-electron chi connectivity index (χ4n) is 1.68. The molecule has 22 heavy (non-hydrogen) atoms. The zero-order valence-electron chi connectivity index (χ0n) is 11.9. The van der Waals surface area contributed by atoms with Crippen molar-refractivity contribution < 1.29 is 18.7 Å². The highest BCUT2D eigenvalue weighted by atomic mass is 19.1. The Bertz CT molecular complexity index is 669. The van der Waals surface area contributed by atoms with Crippen LogP contribution < -0.4 is 11.1 Å². The summed E-state index contributed by atoms with van der Waals surface area (Å²) in [7, 11) is 0. The molecule has 0 aliphatic carbocycles. The van der Waals surface area contributed by atoms with E-state index in [4.69, 9.17) is 10.5 Å². The normalized spacial score (nSPS) is 11.5. The van der Waals surface area contributed by atoms with Gasteiger partial charge in [-0.05, 0) is 55.5 Å². The second-order valence-electron chi connectivity index (χ2n) is 4.67. The standard InChI is InChI=1S/C16H15FN2O3/c1-10(15(20)19-14-8-4-12(17)5-9-14)22-16(21)11-2-6-13(18)7-3-11/h2-10H,18H2,1H3,(H,19,20). The van der Waals surface area contributed by atoms with E-state index in [2.05, 4.69) is 5.32 Å². The lowest BCUT2D eigenvalue weighted by atomic mass is 10.2. The average Bonchev–Trinajstić information content (AvgIpc) is 2.50. The Balaban J connectivity index is 1.94. The van der Waals surface area contributed by atoms with Crippen molar-refractivity contribution in [2.24, 2.45) is 0 Å². The highest BCUT2D eigenvalue weighted by Crippen LogP contribution is 2.11. The molecule has 1 amide bonds. The van der Waals surface area contributed by atoms with Gasteiger partial charge in [-0.3, -0.25) is 4.79 Å². The van der Waals surface area contributed by atoms with Crippen LogP contribution in [-0.2, 0) is 9.53 Å². The van der Waals surface area contributed by atoms with Gasteiger partial charge in [-0.15, -0.1) is 0 Å². The summed E-state index contributed by atoms with van der Waals surface area (Å²) in [5.74, 6) is -1.53. The zero-order chi connectivity index (χ0) is 16.1. The van der Waals surface area contributed by atoms with Crippen LogP contribution in [0.15, 0.2) is 48.5 Å². The van der Waals surface area contributed by atoms with Crippen molar-refractivity contribution in [1.82, 2.24) is 0 Å². The molecular formula is C16H15FN2O3. The predicted molar refractivity (Wildman–Crippen MR) is 80.8 cm³/mol. The number of hydrogen-bond acceptors (Lipinski definition) is 4. The largest absolute Gasteiger partial charge is 0.449 e. The molecule has 114 valence electrons. The van der Waals surface area contributed by atoms with Crippen LogP contribution in [0.5, 0.6) is 0 Å². The van der Waals surface area contributed by atoms with Gasteiger partial charge in [0.25, 0.3) is 5.91 Å². The minimum absolute atomic E-state index is 0.302. The zero-order valence-corrected chi connectivity index (χ0v) is 11.9. The Morgan fingerprint density at radius 2 is 1.68 bits per heavy atom. The molecule has 0 aromatic heterocycles. The lowest BCUT2D eigenvalue weighted by molar-refractivity contribution is -0.123. The van der Waals surface area contributed by atoms with Crippen LogP contribution in [-0.4, -0.2) is 18.0 Å². The van der Waals surface area contributed by atoms with Gasteiger partial charge in [-0.2, -0.15) is 0 Å². The van der Waals surface area contributed by atoms with Gasteiger partial charge in [0, 0.05) is 11.4 Å². The molecule has 0 radical (unpaired) electrons. The maximum atomic E-state index is 12.8. The second kappa shape index (κ2) is 6.71. The van der Waals surface area contributed by atoms with Gasteiger partial charge in [0.2, 0.25) is 0 Å². The molecule has 0 saturated carbocycles. The van der Waals surface area contributed by atoms with Crippen molar-refractivity contribution in [2.75, 3.05) is 11.1 Å². The van der Waals surface area contributed by atoms with Gasteiger partial charge in [-0.25, -0.2) is 9.18 Å². The van der Waals surface area contributed by atoms with E-state index in [0.717, 1.165) is 0 Å². The lowest BCUT2D eigenvalue weighted by Gasteiger charge is -2.13. The molecule has 0 fully saturated rings. The molecule has 0 aliphatic rings. The molecule has 2 rings (SSSR count). The van der Waals surface area contributed by atoms with Crippen LogP contribution >= 0.6 is 0 Å². The highest BCUT2D eigenvalue weighted by Gasteiger charge is 2.19. The monoisotopic (exact) mass is 302 g/mol. The number of anilines is 2. The van der Waals surface area contributed by atoms with Crippen LogP contribution in [0, 0.1) is 5.82 Å². The van der Waals surface area contributed by atoms with Crippen molar-refractivity contribution in [3.63, 3.8) is 0 Å². The molecule has 1 atom stereocenters. The maximum absolute atomic E-state index is 12.8. The summed E-state index contributed by atoms with van der Waals surface area (Å²) in [6.07, 6.45) is -0.991. The number of halogens is 1. The Morgan fingerprint density at radius 3 is 2.27 bits per heavy atom. The molecular weight excluding hydrogens is 287 g/mol. The van der Waals surface area contributed by atoms with Crippen LogP contribution in [0.25, 0.3) is 0 Å². The Kier molecular flexibility index (Phi) is 4.73. The van der Waals surface area contributed by atoms with Crippen molar-refractivity contribution in [2.45, 2.75) is 13.0 Å². The fourth-order valence-corrected chi connectivity index (χ4v) is 1.68. The summed E-state index contributed by atoms with van der Waals surface area (Å²) in [6, 6.07) is 11.5. The van der Waals surface area contributed by atoms with E-state index in [-0.39, 0.29) is 0 Å². The highest BCUT2D eigenvalue weighted by molar-refractivity contribution is 5.97. The Hall–Kier alpha value is -2.89. The molecule has 0 saturated heterocycles. The van der Waals surface area contributed by atoms with E-state index < -0.39 is 23.8 Å². The first-order chi connectivity index (χ1) is 10.5. The third-order valence-electron chi connectivity index (χ3n) is 2.91. The molecule has 5 nitrogen and oxygen atoms in total. The fraction of sp³-hybridized carbons (Fsp3) is 0.125. The third kappa shape index (κ3) is 4.05. The molecule has 0 aliphatic heterocycles. The van der Waals surface area contributed by atoms with Crippen molar-refractivity contribution in [3.8, 4) is 0 Å². The molecule has 2 aromatic rings. The number of nitrogen functional groups attached to an aromatic ring is 1. The quantitative estimate of drug-likeness (QED) is 0.672. The van der Waals surface area contributed by atoms with Gasteiger partial charge in [0.1, 0.15) is 5.82 Å². The lowest BCUT2D eigenvalue weighted by Crippen LogP contribution is -2.30. The minimum Gasteiger partial charge on any atom is -0.449 e. The van der Waals surface area contributed by atoms with E-state index in [9.17, 15) is 14.0 Å². The maximum Gasteiger partial charge on any atom is 0.338 e. The minimum atomic E-state index is -0.991. The number of amides is 1. The number of nitrogens with two attached hydrogens (primary N) is 1. The molecule has 0 spiro atoms. The SMILES string of the molecule is CC(OC(=O)c1ccc(N)cc1)C(=O)Nc1ccc(F)cc1. The van der Waals surface area contributed by atoms with Crippen molar-refractivity contribution in [3.05, 3.63) is 59.9 Å². The summed E-state index contributed by atoms with van der Waals surface area (Å²) in [5.41, 5.74) is 6.78. The smallest absolute Gasteiger partial charge is 0.338 e. The van der Waals surface area contributed by atoms with Gasteiger partial charge < -0.3 is 15.8 Å². The molecule has 0 heterocycles. The first-order valence-electron chi connectivity index (χ1n) is 6.58. The van der Waals surface area contributed by atoms with Gasteiger partial charge in [-0.1, -0.05) is 0 Å². The summed E-state index contributed by atoms with van der Waals surface area (Å²) in [5, 5.41) is 2.53. The molecule has 0 bridgehead atoms. The predicted octanol–water partition coefficient (Wildman–Crippen LogP) is 2.59. The van der Waals surface area contributed by atoms with E-state index in [0.29, 0.717) is 16.9 Å². The summed E-state index contributed by atoms with van der Waals surface area (Å²) in [6.45, 7) is 1.45. The third-order valence-corrected chi connectivity index (χ3v) is 2.91. The number of esters is 1. The van der Waals surface area contributed by atoms with Crippen molar-refractivity contribution >= 4 is 23.3 Å². The van der Waals surface area contributed by atoms with Crippen LogP contribution in [0.2, 0.25) is 0 Å². The molecule has 1 unspecified atom stereocenters. The van der Waals surface area contributed by atoms with Gasteiger partial charge in [0.15, 0.2) is 6.10 Å². The van der Waals surface area contributed by atoms with E-state index in [1.165, 1.54) is 43.3 Å². The summed E-state index contributed by atoms with van der Waals surface area (Å²) < 4.78 is 17.8. The molecule has 2 aromatic carbocycles. The van der Waals surface area contributed by atoms with E-state index >= 15 is 0 Å². The average molecular weight is 302 g/mol. The van der Waals surface area contributed by atoms with Crippen LogP contribution in [0.1, 0.15) is 17.3 Å². The first kappa shape index (κ1) is 15.5. The number of benzene rings is 2. The number of ether oxygens (including phenoxy) is 1. The van der Waals surface area contributed by atoms with Gasteiger partial charge in [0.05, 0.1) is 5.56 Å². The number of hydrogen-bond donors (Lipinski definition) is 2. The van der Waals surface area contributed by atoms with E-state index in [1.807, 2.05) is 0 Å². The van der Waals surface area contributed by atoms with Crippen LogP contribution in [0.3, 0.4) is 0 Å². The van der Waals surface area contributed by atoms with Gasteiger partial charge >= 0.3 is 5.97 Å². The Morgan fingerprint density at radius 1 is 1.09 bits per heavy atom. The summed E-state index contributed by atoms with van der Waals surface area (Å²) in [4.78, 5) is 23.8. The number of carbonyl (C=O) groups is 2. The number of carbonyl (C=O) groups excluding carboxylic acids is 2. The number of rotatable bonds is 4.